The summed E-state index contributed by atoms with van der Waals surface area (Å²) in [7, 11) is 0. The van der Waals surface area contributed by atoms with Gasteiger partial charge in [-0.3, -0.25) is 4.79 Å². The standard InChI is InChI=1S/C18H20FN3O/c1-12-10-21-17(22-11-12)8-9-20-18(23)16-7-6-15(16)13-2-4-14(19)5-3-13/h2-5,10-11,15-16H,6-9H2,1H3,(H,20,23). The number of benzene rings is 1. The van der Waals surface area contributed by atoms with E-state index in [1.165, 1.54) is 12.1 Å². The Kier molecular flexibility index (Phi) is 4.65. The molecule has 1 amide bonds. The Morgan fingerprint density at radius 1 is 1.22 bits per heavy atom. The van der Waals surface area contributed by atoms with E-state index in [1.807, 2.05) is 6.92 Å². The maximum absolute atomic E-state index is 13.0. The maximum Gasteiger partial charge on any atom is 0.223 e. The Bertz CT molecular complexity index is 670. The van der Waals surface area contributed by atoms with Crippen LogP contribution in [-0.2, 0) is 11.2 Å². The largest absolute Gasteiger partial charge is 0.355 e. The van der Waals surface area contributed by atoms with Gasteiger partial charge in [-0.25, -0.2) is 14.4 Å². The number of amides is 1. The lowest BCUT2D eigenvalue weighted by atomic mass is 9.69. The smallest absolute Gasteiger partial charge is 0.223 e. The lowest BCUT2D eigenvalue weighted by molar-refractivity contribution is -0.128. The second-order valence-electron chi connectivity index (χ2n) is 6.06. The highest BCUT2D eigenvalue weighted by Crippen LogP contribution is 2.42. The van der Waals surface area contributed by atoms with Gasteiger partial charge in [0.2, 0.25) is 5.91 Å². The summed E-state index contributed by atoms with van der Waals surface area (Å²) in [5.41, 5.74) is 2.06. The van der Waals surface area contributed by atoms with Gasteiger partial charge in [-0.1, -0.05) is 12.1 Å². The van der Waals surface area contributed by atoms with Crippen LogP contribution in [0.3, 0.4) is 0 Å². The molecule has 4 nitrogen and oxygen atoms in total. The second-order valence-corrected chi connectivity index (χ2v) is 6.06. The molecule has 1 aromatic carbocycles. The Morgan fingerprint density at radius 3 is 2.52 bits per heavy atom. The number of hydrogen-bond donors (Lipinski definition) is 1. The van der Waals surface area contributed by atoms with Crippen LogP contribution in [0.1, 0.15) is 35.7 Å². The van der Waals surface area contributed by atoms with Crippen LogP contribution in [0, 0.1) is 18.7 Å². The highest BCUT2D eigenvalue weighted by molar-refractivity contribution is 5.80. The number of aromatic nitrogens is 2. The first kappa shape index (κ1) is 15.6. The van der Waals surface area contributed by atoms with Crippen molar-refractivity contribution in [3.05, 3.63) is 59.4 Å². The summed E-state index contributed by atoms with van der Waals surface area (Å²) in [6.07, 6.45) is 6.04. The minimum Gasteiger partial charge on any atom is -0.355 e. The molecule has 1 heterocycles. The fraction of sp³-hybridized carbons (Fsp3) is 0.389. The van der Waals surface area contributed by atoms with E-state index in [0.717, 1.165) is 29.8 Å². The Morgan fingerprint density at radius 2 is 1.91 bits per heavy atom. The minimum absolute atomic E-state index is 0.0144. The van der Waals surface area contributed by atoms with Crippen molar-refractivity contribution in [2.45, 2.75) is 32.1 Å². The molecule has 120 valence electrons. The van der Waals surface area contributed by atoms with Crippen molar-refractivity contribution in [1.82, 2.24) is 15.3 Å². The SMILES string of the molecule is Cc1cnc(CCNC(=O)C2CCC2c2ccc(F)cc2)nc1. The molecule has 0 aliphatic heterocycles. The van der Waals surface area contributed by atoms with Crippen molar-refractivity contribution in [3.8, 4) is 0 Å². The summed E-state index contributed by atoms with van der Waals surface area (Å²) in [6, 6.07) is 6.47. The average Bonchev–Trinajstić information content (AvgIpc) is 2.50. The predicted octanol–water partition coefficient (Wildman–Crippen LogP) is 2.78. The quantitative estimate of drug-likeness (QED) is 0.923. The van der Waals surface area contributed by atoms with Crippen LogP contribution in [0.4, 0.5) is 4.39 Å². The zero-order valence-electron chi connectivity index (χ0n) is 13.1. The molecule has 1 aliphatic carbocycles. The van der Waals surface area contributed by atoms with Crippen molar-refractivity contribution in [2.24, 2.45) is 5.92 Å². The number of nitrogens with zero attached hydrogens (tertiary/aromatic N) is 2. The second kappa shape index (κ2) is 6.86. The van der Waals surface area contributed by atoms with Gasteiger partial charge in [0.15, 0.2) is 0 Å². The van der Waals surface area contributed by atoms with Gasteiger partial charge < -0.3 is 5.32 Å². The predicted molar refractivity (Wildman–Crippen MR) is 85.3 cm³/mol. The van der Waals surface area contributed by atoms with Crippen LogP contribution in [0.15, 0.2) is 36.7 Å². The maximum atomic E-state index is 13.0. The molecule has 1 N–H and O–H groups in total. The van der Waals surface area contributed by atoms with Gasteiger partial charge in [0.25, 0.3) is 0 Å². The highest BCUT2D eigenvalue weighted by Gasteiger charge is 2.37. The lowest BCUT2D eigenvalue weighted by Gasteiger charge is -2.35. The lowest BCUT2D eigenvalue weighted by Crippen LogP contribution is -2.40. The number of hydrogen-bond acceptors (Lipinski definition) is 3. The molecule has 3 rings (SSSR count). The fourth-order valence-electron chi connectivity index (χ4n) is 2.90. The van der Waals surface area contributed by atoms with Crippen molar-refractivity contribution in [1.29, 1.82) is 0 Å². The third-order valence-electron chi connectivity index (χ3n) is 4.39. The van der Waals surface area contributed by atoms with Crippen molar-refractivity contribution >= 4 is 5.91 Å². The van der Waals surface area contributed by atoms with E-state index in [-0.39, 0.29) is 23.6 Å². The highest BCUT2D eigenvalue weighted by atomic mass is 19.1. The van der Waals surface area contributed by atoms with Crippen LogP contribution < -0.4 is 5.32 Å². The van der Waals surface area contributed by atoms with Crippen molar-refractivity contribution in [2.75, 3.05) is 6.54 Å². The summed E-state index contributed by atoms with van der Waals surface area (Å²) in [4.78, 5) is 20.7. The molecule has 5 heteroatoms. The normalized spacial score (nSPS) is 19.9. The summed E-state index contributed by atoms with van der Waals surface area (Å²) in [6.45, 7) is 2.48. The van der Waals surface area contributed by atoms with Crippen LogP contribution in [-0.4, -0.2) is 22.4 Å². The first-order valence-corrected chi connectivity index (χ1v) is 7.94. The molecule has 1 fully saturated rings. The van der Waals surface area contributed by atoms with Crippen LogP contribution >= 0.6 is 0 Å². The number of aryl methyl sites for hydroxylation is 1. The number of halogens is 1. The molecule has 2 aromatic rings. The molecule has 2 unspecified atom stereocenters. The van der Waals surface area contributed by atoms with Gasteiger partial charge in [-0.05, 0) is 48.9 Å². The average molecular weight is 313 g/mol. The number of nitrogens with one attached hydrogen (secondary N) is 1. The topological polar surface area (TPSA) is 54.9 Å². The molecule has 0 spiro atoms. The minimum atomic E-state index is -0.243. The van der Waals surface area contributed by atoms with Crippen molar-refractivity contribution in [3.63, 3.8) is 0 Å². The van der Waals surface area contributed by atoms with Gasteiger partial charge in [0.1, 0.15) is 11.6 Å². The Hall–Kier alpha value is -2.30. The van der Waals surface area contributed by atoms with E-state index >= 15 is 0 Å². The molecule has 0 radical (unpaired) electrons. The number of carbonyl (C=O) groups is 1. The van der Waals surface area contributed by atoms with Gasteiger partial charge in [-0.15, -0.1) is 0 Å². The molecular weight excluding hydrogens is 293 g/mol. The van der Waals surface area contributed by atoms with Crippen LogP contribution in [0.25, 0.3) is 0 Å². The molecule has 2 atom stereocenters. The van der Waals surface area contributed by atoms with Crippen LogP contribution in [0.2, 0.25) is 0 Å². The van der Waals surface area contributed by atoms with E-state index in [9.17, 15) is 9.18 Å². The van der Waals surface area contributed by atoms with Gasteiger partial charge in [0.05, 0.1) is 0 Å². The summed E-state index contributed by atoms with van der Waals surface area (Å²) < 4.78 is 13.0. The first-order chi connectivity index (χ1) is 11.1. The van der Waals surface area contributed by atoms with E-state index in [4.69, 9.17) is 0 Å². The molecule has 0 bridgehead atoms. The zero-order chi connectivity index (χ0) is 16.2. The first-order valence-electron chi connectivity index (χ1n) is 7.94. The molecule has 1 aromatic heterocycles. The van der Waals surface area contributed by atoms with Gasteiger partial charge in [0, 0.05) is 31.3 Å². The van der Waals surface area contributed by atoms with E-state index in [0.29, 0.717) is 13.0 Å². The van der Waals surface area contributed by atoms with Gasteiger partial charge >= 0.3 is 0 Å². The summed E-state index contributed by atoms with van der Waals surface area (Å²) in [5.74, 6) is 0.745. The van der Waals surface area contributed by atoms with Gasteiger partial charge in [-0.2, -0.15) is 0 Å². The monoisotopic (exact) mass is 313 g/mol. The Balaban J connectivity index is 1.50. The van der Waals surface area contributed by atoms with E-state index < -0.39 is 0 Å². The molecule has 1 saturated carbocycles. The summed E-state index contributed by atoms with van der Waals surface area (Å²) in [5, 5.41) is 2.97. The number of rotatable bonds is 5. The van der Waals surface area contributed by atoms with Crippen LogP contribution in [0.5, 0.6) is 0 Å². The fourth-order valence-corrected chi connectivity index (χ4v) is 2.90. The van der Waals surface area contributed by atoms with Crippen molar-refractivity contribution < 1.29 is 9.18 Å². The molecule has 23 heavy (non-hydrogen) atoms. The summed E-state index contributed by atoms with van der Waals surface area (Å²) >= 11 is 0. The molecule has 1 aliphatic rings. The third-order valence-corrected chi connectivity index (χ3v) is 4.39. The zero-order valence-corrected chi connectivity index (χ0v) is 13.1. The number of carbonyl (C=O) groups excluding carboxylic acids is 1. The molecular formula is C18H20FN3O. The molecule has 0 saturated heterocycles. The third kappa shape index (κ3) is 3.73. The van der Waals surface area contributed by atoms with E-state index in [1.54, 1.807) is 24.5 Å². The van der Waals surface area contributed by atoms with E-state index in [2.05, 4.69) is 15.3 Å². The Labute approximate surface area is 135 Å².